The number of carbonyl (C=O) groups is 1. The molecule has 0 atom stereocenters. The number of fused-ring (bicyclic) bond motifs is 1. The van der Waals surface area contributed by atoms with Crippen molar-refractivity contribution in [3.05, 3.63) is 71.8 Å². The molecule has 1 aliphatic rings. The van der Waals surface area contributed by atoms with Crippen LogP contribution >= 0.6 is 0 Å². The first kappa shape index (κ1) is 17.7. The molecule has 2 heterocycles. The molecule has 4 rings (SSSR count). The van der Waals surface area contributed by atoms with E-state index < -0.39 is 29.0 Å². The van der Waals surface area contributed by atoms with Crippen LogP contribution in [0.1, 0.15) is 10.5 Å². The van der Waals surface area contributed by atoms with Crippen molar-refractivity contribution in [1.82, 2.24) is 4.98 Å². The fourth-order valence-corrected chi connectivity index (χ4v) is 2.58. The summed E-state index contributed by atoms with van der Waals surface area (Å²) in [6, 6.07) is 9.95. The smallest absolute Gasteiger partial charge is 0.274 e. The van der Waals surface area contributed by atoms with Gasteiger partial charge in [0.05, 0.1) is 5.69 Å². The number of rotatable bonds is 4. The molecule has 0 spiro atoms. The van der Waals surface area contributed by atoms with Gasteiger partial charge in [-0.25, -0.2) is 13.2 Å². The monoisotopic (exact) mass is 387 g/mol. The zero-order chi connectivity index (χ0) is 19.7. The van der Waals surface area contributed by atoms with E-state index in [-0.39, 0.29) is 12.5 Å². The molecule has 0 fully saturated rings. The van der Waals surface area contributed by atoms with Gasteiger partial charge < -0.3 is 20.1 Å². The second-order valence-corrected chi connectivity index (χ2v) is 5.80. The quantitative estimate of drug-likeness (QED) is 0.656. The number of carbonyl (C=O) groups excluding carboxylic acids is 1. The van der Waals surface area contributed by atoms with Crippen LogP contribution in [0.25, 0.3) is 0 Å². The summed E-state index contributed by atoms with van der Waals surface area (Å²) >= 11 is 0. The number of anilines is 3. The highest BCUT2D eigenvalue weighted by Gasteiger charge is 2.17. The number of benzene rings is 2. The third kappa shape index (κ3) is 3.41. The van der Waals surface area contributed by atoms with Gasteiger partial charge in [-0.05, 0) is 36.4 Å². The van der Waals surface area contributed by atoms with Gasteiger partial charge in [-0.1, -0.05) is 0 Å². The molecule has 142 valence electrons. The summed E-state index contributed by atoms with van der Waals surface area (Å²) in [4.78, 5) is 16.2. The van der Waals surface area contributed by atoms with E-state index in [0.717, 1.165) is 12.1 Å². The molecule has 0 saturated heterocycles. The van der Waals surface area contributed by atoms with Gasteiger partial charge in [0.15, 0.2) is 29.0 Å². The van der Waals surface area contributed by atoms with Crippen molar-refractivity contribution in [2.75, 3.05) is 17.4 Å². The van der Waals surface area contributed by atoms with Crippen LogP contribution in [0.4, 0.5) is 30.2 Å². The first-order chi connectivity index (χ1) is 13.5. The van der Waals surface area contributed by atoms with Crippen molar-refractivity contribution < 1.29 is 27.4 Å². The highest BCUT2D eigenvalue weighted by Crippen LogP contribution is 2.35. The van der Waals surface area contributed by atoms with Gasteiger partial charge in [0, 0.05) is 23.6 Å². The standard InChI is InChI=1S/C19H12F3N3O3/c20-12-2-3-13(18(22)17(12)21)25-19(26)14-7-11(5-6-23-14)24-10-1-4-15-16(8-10)28-9-27-15/h1-8H,9H2,(H,23,24)(H,25,26). The summed E-state index contributed by atoms with van der Waals surface area (Å²) in [7, 11) is 0. The van der Waals surface area contributed by atoms with Gasteiger partial charge in [0.2, 0.25) is 6.79 Å². The maximum Gasteiger partial charge on any atom is 0.274 e. The molecule has 0 unspecified atom stereocenters. The van der Waals surface area contributed by atoms with E-state index in [2.05, 4.69) is 15.6 Å². The minimum atomic E-state index is -1.66. The van der Waals surface area contributed by atoms with E-state index >= 15 is 0 Å². The van der Waals surface area contributed by atoms with E-state index in [9.17, 15) is 18.0 Å². The summed E-state index contributed by atoms with van der Waals surface area (Å²) in [6.07, 6.45) is 1.38. The number of nitrogens with zero attached hydrogens (tertiary/aromatic N) is 1. The number of amides is 1. The lowest BCUT2D eigenvalue weighted by Gasteiger charge is -2.10. The zero-order valence-corrected chi connectivity index (χ0v) is 14.1. The minimum Gasteiger partial charge on any atom is -0.454 e. The molecule has 0 bridgehead atoms. The minimum absolute atomic E-state index is 0.0464. The van der Waals surface area contributed by atoms with Crippen molar-refractivity contribution in [3.8, 4) is 11.5 Å². The SMILES string of the molecule is O=C(Nc1ccc(F)c(F)c1F)c1cc(Nc2ccc3c(c2)OCO3)ccn1. The summed E-state index contributed by atoms with van der Waals surface area (Å²) in [6.45, 7) is 0.152. The van der Waals surface area contributed by atoms with Crippen molar-refractivity contribution in [2.24, 2.45) is 0 Å². The summed E-state index contributed by atoms with van der Waals surface area (Å²) in [5, 5.41) is 5.25. The number of ether oxygens (including phenoxy) is 2. The molecule has 0 radical (unpaired) electrons. The molecule has 1 amide bonds. The number of aromatic nitrogens is 1. The molecule has 6 nitrogen and oxygen atoms in total. The van der Waals surface area contributed by atoms with Gasteiger partial charge in [-0.2, -0.15) is 0 Å². The Hall–Kier alpha value is -3.75. The van der Waals surface area contributed by atoms with E-state index in [4.69, 9.17) is 9.47 Å². The second-order valence-electron chi connectivity index (χ2n) is 5.80. The topological polar surface area (TPSA) is 72.5 Å². The van der Waals surface area contributed by atoms with E-state index in [1.165, 1.54) is 12.3 Å². The average molecular weight is 387 g/mol. The summed E-state index contributed by atoms with van der Waals surface area (Å²) < 4.78 is 50.6. The molecule has 2 N–H and O–H groups in total. The summed E-state index contributed by atoms with van der Waals surface area (Å²) in [5.74, 6) is -4.05. The molecule has 28 heavy (non-hydrogen) atoms. The number of nitrogens with one attached hydrogen (secondary N) is 2. The maximum atomic E-state index is 13.7. The Kier molecular flexibility index (Phi) is 4.48. The van der Waals surface area contributed by atoms with E-state index in [1.54, 1.807) is 24.3 Å². The Labute approximate surface area is 156 Å². The number of pyridine rings is 1. The molecular formula is C19H12F3N3O3. The van der Waals surface area contributed by atoms with Crippen LogP contribution in [0.3, 0.4) is 0 Å². The first-order valence-corrected chi connectivity index (χ1v) is 8.09. The van der Waals surface area contributed by atoms with Crippen molar-refractivity contribution in [2.45, 2.75) is 0 Å². The van der Waals surface area contributed by atoms with Crippen LogP contribution in [-0.4, -0.2) is 17.7 Å². The number of halogens is 3. The van der Waals surface area contributed by atoms with E-state index in [0.29, 0.717) is 22.9 Å². The highest BCUT2D eigenvalue weighted by atomic mass is 19.2. The average Bonchev–Trinajstić information content (AvgIpc) is 3.16. The fraction of sp³-hybridized carbons (Fsp3) is 0.0526. The van der Waals surface area contributed by atoms with E-state index in [1.807, 2.05) is 0 Å². The molecule has 1 aliphatic heterocycles. The van der Waals surface area contributed by atoms with Crippen LogP contribution in [0.2, 0.25) is 0 Å². The Morgan fingerprint density at radius 2 is 1.71 bits per heavy atom. The van der Waals surface area contributed by atoms with Crippen molar-refractivity contribution in [3.63, 3.8) is 0 Å². The Morgan fingerprint density at radius 1 is 0.929 bits per heavy atom. The molecule has 1 aromatic heterocycles. The molecule has 0 aliphatic carbocycles. The molecular weight excluding hydrogens is 375 g/mol. The van der Waals surface area contributed by atoms with Crippen molar-refractivity contribution >= 4 is 23.0 Å². The third-order valence-corrected chi connectivity index (χ3v) is 3.94. The fourth-order valence-electron chi connectivity index (χ4n) is 2.58. The van der Waals surface area contributed by atoms with Crippen LogP contribution < -0.4 is 20.1 Å². The van der Waals surface area contributed by atoms with Crippen molar-refractivity contribution in [1.29, 1.82) is 0 Å². The second kappa shape index (κ2) is 7.10. The largest absolute Gasteiger partial charge is 0.454 e. The maximum absolute atomic E-state index is 13.7. The molecule has 3 aromatic rings. The van der Waals surface area contributed by atoms with Crippen LogP contribution in [0.15, 0.2) is 48.7 Å². The first-order valence-electron chi connectivity index (χ1n) is 8.09. The lowest BCUT2D eigenvalue weighted by molar-refractivity contribution is 0.102. The molecule has 0 saturated carbocycles. The Bertz CT molecular complexity index is 1080. The highest BCUT2D eigenvalue weighted by molar-refractivity contribution is 6.03. The van der Waals surface area contributed by atoms with Gasteiger partial charge >= 0.3 is 0 Å². The lowest BCUT2D eigenvalue weighted by Crippen LogP contribution is -2.15. The number of hydrogen-bond acceptors (Lipinski definition) is 5. The van der Waals surface area contributed by atoms with Gasteiger partial charge in [0.25, 0.3) is 5.91 Å². The predicted molar refractivity (Wildman–Crippen MR) is 94.4 cm³/mol. The Morgan fingerprint density at radius 3 is 2.57 bits per heavy atom. The van der Waals surface area contributed by atoms with Crippen LogP contribution in [-0.2, 0) is 0 Å². The van der Waals surface area contributed by atoms with Gasteiger partial charge in [-0.15, -0.1) is 0 Å². The molecule has 2 aromatic carbocycles. The van der Waals surface area contributed by atoms with Gasteiger partial charge in [-0.3, -0.25) is 9.78 Å². The predicted octanol–water partition coefficient (Wildman–Crippen LogP) is 4.22. The lowest BCUT2D eigenvalue weighted by atomic mass is 10.2. The third-order valence-electron chi connectivity index (χ3n) is 3.94. The molecule has 9 heteroatoms. The zero-order valence-electron chi connectivity index (χ0n) is 14.1. The van der Waals surface area contributed by atoms with Crippen LogP contribution in [0, 0.1) is 17.5 Å². The Balaban J connectivity index is 1.52. The van der Waals surface area contributed by atoms with Gasteiger partial charge in [0.1, 0.15) is 5.69 Å². The summed E-state index contributed by atoms with van der Waals surface area (Å²) in [5.41, 5.74) is 0.688. The normalized spacial score (nSPS) is 12.0. The van der Waals surface area contributed by atoms with Crippen LogP contribution in [0.5, 0.6) is 11.5 Å². The number of hydrogen-bond donors (Lipinski definition) is 2.